The minimum Gasteiger partial charge on any atom is -0.496 e. The Bertz CT molecular complexity index is 778. The van der Waals surface area contributed by atoms with Crippen LogP contribution < -0.4 is 14.2 Å². The maximum atomic E-state index is 11.9. The molecule has 2 aromatic rings. The van der Waals surface area contributed by atoms with Gasteiger partial charge in [-0.15, -0.1) is 0 Å². The molecular weight excluding hydrogens is 300 g/mol. The molecule has 0 bridgehead atoms. The van der Waals surface area contributed by atoms with Crippen molar-refractivity contribution in [2.75, 3.05) is 21.3 Å². The summed E-state index contributed by atoms with van der Waals surface area (Å²) in [7, 11) is 4.34. The summed E-state index contributed by atoms with van der Waals surface area (Å²) in [5, 5.41) is 1.15. The van der Waals surface area contributed by atoms with Crippen molar-refractivity contribution in [3.8, 4) is 17.2 Å². The molecule has 6 heteroatoms. The fraction of sp³-hybridized carbons (Fsp3) is 0.294. The zero-order valence-electron chi connectivity index (χ0n) is 13.7. The second-order valence-corrected chi connectivity index (χ2v) is 4.91. The summed E-state index contributed by atoms with van der Waals surface area (Å²) >= 11 is 0. The highest BCUT2D eigenvalue weighted by atomic mass is 16.5. The Labute approximate surface area is 133 Å². The molecule has 0 N–H and O–H groups in total. The van der Waals surface area contributed by atoms with E-state index in [2.05, 4.69) is 0 Å². The Morgan fingerprint density at radius 3 is 2.17 bits per heavy atom. The molecule has 0 fully saturated rings. The topological polar surface area (TPSA) is 71.1 Å². The second kappa shape index (κ2) is 6.56. The summed E-state index contributed by atoms with van der Waals surface area (Å²) in [5.41, 5.74) is 1.07. The lowest BCUT2D eigenvalue weighted by atomic mass is 10.0. The van der Waals surface area contributed by atoms with Gasteiger partial charge >= 0.3 is 11.9 Å². The van der Waals surface area contributed by atoms with Gasteiger partial charge in [0.15, 0.2) is 0 Å². The van der Waals surface area contributed by atoms with Crippen LogP contribution in [-0.4, -0.2) is 33.3 Å². The van der Waals surface area contributed by atoms with Crippen LogP contribution in [0.2, 0.25) is 0 Å². The van der Waals surface area contributed by atoms with Crippen molar-refractivity contribution in [3.63, 3.8) is 0 Å². The largest absolute Gasteiger partial charge is 0.496 e. The molecule has 0 unspecified atom stereocenters. The number of esters is 2. The number of methoxy groups -OCH3 is 3. The summed E-state index contributed by atoms with van der Waals surface area (Å²) in [6.07, 6.45) is 0. The van der Waals surface area contributed by atoms with Crippen LogP contribution in [0.1, 0.15) is 22.8 Å². The van der Waals surface area contributed by atoms with Crippen LogP contribution in [0, 0.1) is 6.92 Å². The van der Waals surface area contributed by atoms with Gasteiger partial charge in [-0.2, -0.15) is 0 Å². The molecule has 0 spiro atoms. The number of hydrogen-bond donors (Lipinski definition) is 0. The van der Waals surface area contributed by atoms with Crippen LogP contribution in [0.15, 0.2) is 18.2 Å². The van der Waals surface area contributed by atoms with Crippen LogP contribution in [0.4, 0.5) is 0 Å². The molecule has 0 saturated heterocycles. The highest BCUT2D eigenvalue weighted by molar-refractivity contribution is 6.04. The number of carbonyl (C=O) groups excluding carboxylic acids is 2. The van der Waals surface area contributed by atoms with E-state index in [9.17, 15) is 9.59 Å². The first kappa shape index (κ1) is 16.6. The lowest BCUT2D eigenvalue weighted by Gasteiger charge is -2.16. The van der Waals surface area contributed by atoms with E-state index in [-0.39, 0.29) is 11.3 Å². The van der Waals surface area contributed by atoms with Gasteiger partial charge in [-0.3, -0.25) is 4.79 Å². The van der Waals surface area contributed by atoms with E-state index >= 15 is 0 Å². The Kier molecular flexibility index (Phi) is 4.74. The van der Waals surface area contributed by atoms with Gasteiger partial charge in [-0.25, -0.2) is 4.79 Å². The number of rotatable bonds is 4. The summed E-state index contributed by atoms with van der Waals surface area (Å²) in [5.74, 6) is 0.262. The van der Waals surface area contributed by atoms with Gasteiger partial charge in [-0.05, 0) is 30.7 Å². The fourth-order valence-electron chi connectivity index (χ4n) is 2.48. The van der Waals surface area contributed by atoms with E-state index in [0.717, 1.165) is 5.56 Å². The molecule has 6 nitrogen and oxygen atoms in total. The van der Waals surface area contributed by atoms with Crippen LogP contribution in [0.3, 0.4) is 0 Å². The lowest BCUT2D eigenvalue weighted by Crippen LogP contribution is -2.07. The van der Waals surface area contributed by atoms with E-state index in [0.29, 0.717) is 22.3 Å². The monoisotopic (exact) mass is 318 g/mol. The zero-order valence-corrected chi connectivity index (χ0v) is 13.7. The van der Waals surface area contributed by atoms with Crippen molar-refractivity contribution < 1.29 is 28.5 Å². The van der Waals surface area contributed by atoms with Crippen molar-refractivity contribution in [2.24, 2.45) is 0 Å². The standard InChI is InChI=1S/C17H18O6/c1-9-6-13(20-3)12-7-11(17(19)22-5)8-14(23-10(2)18)15(12)16(9)21-4/h6-8H,1-5H3. The number of aryl methyl sites for hydroxylation is 1. The summed E-state index contributed by atoms with van der Waals surface area (Å²) in [4.78, 5) is 23.3. The molecular formula is C17H18O6. The van der Waals surface area contributed by atoms with Gasteiger partial charge in [0.1, 0.15) is 17.2 Å². The highest BCUT2D eigenvalue weighted by Crippen LogP contribution is 2.42. The van der Waals surface area contributed by atoms with E-state index in [1.165, 1.54) is 34.3 Å². The smallest absolute Gasteiger partial charge is 0.338 e. The Hall–Kier alpha value is -2.76. The van der Waals surface area contributed by atoms with Crippen LogP contribution in [-0.2, 0) is 9.53 Å². The van der Waals surface area contributed by atoms with Crippen molar-refractivity contribution in [3.05, 3.63) is 29.3 Å². The van der Waals surface area contributed by atoms with Gasteiger partial charge in [0, 0.05) is 12.3 Å². The van der Waals surface area contributed by atoms with Crippen LogP contribution in [0.25, 0.3) is 10.8 Å². The predicted octanol–water partition coefficient (Wildman–Crippen LogP) is 2.88. The summed E-state index contributed by atoms with van der Waals surface area (Å²) in [6.45, 7) is 3.14. The maximum absolute atomic E-state index is 11.9. The molecule has 0 atom stereocenters. The van der Waals surface area contributed by atoms with E-state index in [4.69, 9.17) is 18.9 Å². The fourth-order valence-corrected chi connectivity index (χ4v) is 2.48. The molecule has 0 aliphatic rings. The molecule has 0 aliphatic carbocycles. The molecule has 0 aromatic heterocycles. The highest BCUT2D eigenvalue weighted by Gasteiger charge is 2.20. The van der Waals surface area contributed by atoms with Crippen LogP contribution in [0.5, 0.6) is 17.2 Å². The first-order valence-electron chi connectivity index (χ1n) is 6.89. The number of benzene rings is 2. The zero-order chi connectivity index (χ0) is 17.1. The summed E-state index contributed by atoms with van der Waals surface area (Å²) in [6, 6.07) is 4.87. The first-order valence-corrected chi connectivity index (χ1v) is 6.89. The third-order valence-electron chi connectivity index (χ3n) is 3.40. The van der Waals surface area contributed by atoms with E-state index in [1.54, 1.807) is 12.1 Å². The number of carbonyl (C=O) groups is 2. The Balaban J connectivity index is 2.93. The van der Waals surface area contributed by atoms with Gasteiger partial charge < -0.3 is 18.9 Å². The molecule has 122 valence electrons. The maximum Gasteiger partial charge on any atom is 0.338 e. The van der Waals surface area contributed by atoms with Gasteiger partial charge in [0.05, 0.1) is 32.3 Å². The van der Waals surface area contributed by atoms with Crippen molar-refractivity contribution >= 4 is 22.7 Å². The Morgan fingerprint density at radius 2 is 1.65 bits per heavy atom. The average molecular weight is 318 g/mol. The number of ether oxygens (including phenoxy) is 4. The molecule has 0 radical (unpaired) electrons. The Morgan fingerprint density at radius 1 is 0.957 bits per heavy atom. The molecule has 2 rings (SSSR count). The van der Waals surface area contributed by atoms with E-state index in [1.807, 2.05) is 6.92 Å². The number of hydrogen-bond acceptors (Lipinski definition) is 6. The van der Waals surface area contributed by atoms with Crippen LogP contribution >= 0.6 is 0 Å². The lowest BCUT2D eigenvalue weighted by molar-refractivity contribution is -0.131. The SMILES string of the molecule is COC(=O)c1cc(OC(C)=O)c2c(OC)c(C)cc(OC)c2c1. The molecule has 0 amide bonds. The first-order chi connectivity index (χ1) is 10.9. The predicted molar refractivity (Wildman–Crippen MR) is 84.4 cm³/mol. The molecule has 0 saturated carbocycles. The minimum atomic E-state index is -0.540. The van der Waals surface area contributed by atoms with Gasteiger partial charge in [-0.1, -0.05) is 0 Å². The van der Waals surface area contributed by atoms with Gasteiger partial charge in [0.25, 0.3) is 0 Å². The van der Waals surface area contributed by atoms with Crippen molar-refractivity contribution in [1.82, 2.24) is 0 Å². The van der Waals surface area contributed by atoms with Gasteiger partial charge in [0.2, 0.25) is 0 Å². The summed E-state index contributed by atoms with van der Waals surface area (Å²) < 4.78 is 20.9. The second-order valence-electron chi connectivity index (χ2n) is 4.91. The van der Waals surface area contributed by atoms with Crippen molar-refractivity contribution in [2.45, 2.75) is 13.8 Å². The minimum absolute atomic E-state index is 0.217. The molecule has 2 aromatic carbocycles. The quantitative estimate of drug-likeness (QED) is 0.637. The van der Waals surface area contributed by atoms with Crippen molar-refractivity contribution in [1.29, 1.82) is 0 Å². The molecule has 0 heterocycles. The molecule has 0 aliphatic heterocycles. The molecule has 23 heavy (non-hydrogen) atoms. The third kappa shape index (κ3) is 3.06. The van der Waals surface area contributed by atoms with E-state index < -0.39 is 11.9 Å². The normalized spacial score (nSPS) is 10.3. The third-order valence-corrected chi connectivity index (χ3v) is 3.40. The number of fused-ring (bicyclic) bond motifs is 1. The average Bonchev–Trinajstić information content (AvgIpc) is 2.52.